The van der Waals surface area contributed by atoms with Gasteiger partial charge in [-0.15, -0.1) is 0 Å². The maximum Gasteiger partial charge on any atom is 0.214 e. The Morgan fingerprint density at radius 1 is 1.08 bits per heavy atom. The Morgan fingerprint density at radius 2 is 1.90 bits per heavy atom. The van der Waals surface area contributed by atoms with E-state index in [1.807, 2.05) is 0 Å². The molecule has 5 aromatic rings. The summed E-state index contributed by atoms with van der Waals surface area (Å²) in [7, 11) is 0. The average Bonchev–Trinajstić information content (AvgIpc) is 3.65. The number of anilines is 2. The number of carbonyl (C=O) groups is 1. The normalized spacial score (nSPS) is 13.4. The molecule has 39 heavy (non-hydrogen) atoms. The number of aromatic nitrogens is 3. The summed E-state index contributed by atoms with van der Waals surface area (Å²) in [5, 5.41) is 5.14. The van der Waals surface area contributed by atoms with Crippen molar-refractivity contribution in [2.75, 3.05) is 22.3 Å². The van der Waals surface area contributed by atoms with Crippen molar-refractivity contribution in [3.63, 3.8) is 0 Å². The minimum absolute atomic E-state index is 0.00812. The average molecular weight is 546 g/mol. The Balaban J connectivity index is 1.30. The second-order valence-corrected chi connectivity index (χ2v) is 10.6. The van der Waals surface area contributed by atoms with Gasteiger partial charge in [0.05, 0.1) is 23.1 Å². The van der Waals surface area contributed by atoms with Gasteiger partial charge in [-0.1, -0.05) is 12.1 Å². The van der Waals surface area contributed by atoms with E-state index in [0.717, 1.165) is 46.9 Å². The number of para-hydroxylation sites is 1. The van der Waals surface area contributed by atoms with Crippen molar-refractivity contribution < 1.29 is 18.3 Å². The first-order chi connectivity index (χ1) is 18.8. The number of fused-ring (bicyclic) bond motifs is 1. The number of aryl methyl sites for hydroxylation is 2. The van der Waals surface area contributed by atoms with Crippen LogP contribution in [0.15, 0.2) is 60.8 Å². The number of hydrogen-bond donors (Lipinski definition) is 2. The number of hydrogen-bond acceptors (Lipinski definition) is 6. The van der Waals surface area contributed by atoms with Crippen LogP contribution < -0.4 is 14.8 Å². The summed E-state index contributed by atoms with van der Waals surface area (Å²) in [6, 6.07) is 14.5. The second-order valence-electron chi connectivity index (χ2n) is 9.49. The highest BCUT2D eigenvalue weighted by molar-refractivity contribution is 8.00. The lowest BCUT2D eigenvalue weighted by Crippen LogP contribution is -2.10. The van der Waals surface area contributed by atoms with E-state index in [4.69, 9.17) is 10.5 Å². The minimum Gasteiger partial charge on any atom is -0.454 e. The van der Waals surface area contributed by atoms with E-state index in [0.29, 0.717) is 11.3 Å². The summed E-state index contributed by atoms with van der Waals surface area (Å²) in [6.45, 7) is 4.71. The monoisotopic (exact) mass is 545 g/mol. The van der Waals surface area contributed by atoms with Crippen molar-refractivity contribution >= 4 is 40.1 Å². The lowest BCUT2D eigenvalue weighted by atomic mass is 10.1. The van der Waals surface area contributed by atoms with Crippen LogP contribution in [-0.2, 0) is 0 Å². The number of nitrogens with two attached hydrogens (primary N) is 1. The number of halogens is 2. The van der Waals surface area contributed by atoms with E-state index in [1.54, 1.807) is 43.1 Å². The number of nitrogens with zero attached hydrogens (tertiary/aromatic N) is 3. The maximum absolute atomic E-state index is 15.3. The van der Waals surface area contributed by atoms with Gasteiger partial charge in [0.2, 0.25) is 5.78 Å². The molecule has 1 aliphatic heterocycles. The van der Waals surface area contributed by atoms with Gasteiger partial charge in [-0.3, -0.25) is 4.79 Å². The number of benzene rings is 3. The molecule has 0 radical (unpaired) electrons. The highest BCUT2D eigenvalue weighted by Gasteiger charge is 2.23. The fourth-order valence-electron chi connectivity index (χ4n) is 4.85. The zero-order valence-corrected chi connectivity index (χ0v) is 22.1. The van der Waals surface area contributed by atoms with Crippen molar-refractivity contribution in [1.82, 2.24) is 14.8 Å². The molecule has 3 heterocycles. The molecule has 3 N–H and O–H groups in total. The highest BCUT2D eigenvalue weighted by atomic mass is 32.2. The predicted molar refractivity (Wildman–Crippen MR) is 150 cm³/mol. The third-order valence-electron chi connectivity index (χ3n) is 6.76. The third-order valence-corrected chi connectivity index (χ3v) is 7.92. The number of aromatic amines is 1. The largest absolute Gasteiger partial charge is 0.454 e. The number of ether oxygens (including phenoxy) is 1. The Labute approximate surface area is 227 Å². The summed E-state index contributed by atoms with van der Waals surface area (Å²) in [6.07, 6.45) is 2.48. The quantitative estimate of drug-likeness (QED) is 0.182. The van der Waals surface area contributed by atoms with Gasteiger partial charge in [0, 0.05) is 29.3 Å². The van der Waals surface area contributed by atoms with Crippen LogP contribution in [0.1, 0.15) is 33.6 Å². The first kappa shape index (κ1) is 25.0. The summed E-state index contributed by atoms with van der Waals surface area (Å²) in [5.41, 5.74) is 10.5. The first-order valence-corrected chi connectivity index (χ1v) is 13.4. The Bertz CT molecular complexity index is 1720. The lowest BCUT2D eigenvalue weighted by molar-refractivity contribution is 0.103. The molecular weight excluding hydrogens is 520 g/mol. The SMILES string of the molecule is Cc1cc2cc(C(=O)c3cnn(-c4c(C)cc(Oc5ccccc5F)cc4F)c3N)[nH]c2cc1N1CCCS1. The first-order valence-electron chi connectivity index (χ1n) is 12.4. The molecule has 7 nitrogen and oxygen atoms in total. The molecule has 0 spiro atoms. The standard InChI is InChI=1S/C29H25F2N5O2S/c1-16-10-18-12-24(34-23(18)14-25(16)35-8-5-9-39-35)28(37)20-15-33-36(29(20)32)27-17(2)11-19(13-22(27)31)38-26-7-4-3-6-21(26)30/h3-4,6-7,10-15,34H,5,8-9,32H2,1-2H3. The van der Waals surface area contributed by atoms with Gasteiger partial charge in [0.15, 0.2) is 17.4 Å². The van der Waals surface area contributed by atoms with Crippen LogP contribution in [0.4, 0.5) is 20.3 Å². The van der Waals surface area contributed by atoms with E-state index in [-0.39, 0.29) is 34.4 Å². The summed E-state index contributed by atoms with van der Waals surface area (Å²) in [5.74, 6) is -0.371. The number of nitrogens with one attached hydrogen (secondary N) is 1. The molecule has 1 aliphatic rings. The number of ketones is 1. The van der Waals surface area contributed by atoms with E-state index in [2.05, 4.69) is 33.4 Å². The van der Waals surface area contributed by atoms with Crippen molar-refractivity contribution in [3.05, 3.63) is 94.8 Å². The molecule has 198 valence electrons. The van der Waals surface area contributed by atoms with E-state index < -0.39 is 11.6 Å². The Hall–Kier alpha value is -4.31. The number of H-pyrrole nitrogens is 1. The fourth-order valence-corrected chi connectivity index (χ4v) is 5.93. The summed E-state index contributed by atoms with van der Waals surface area (Å²) >= 11 is 1.80. The van der Waals surface area contributed by atoms with Gasteiger partial charge < -0.3 is 19.8 Å². The van der Waals surface area contributed by atoms with Gasteiger partial charge in [-0.25, -0.2) is 13.5 Å². The van der Waals surface area contributed by atoms with E-state index in [9.17, 15) is 9.18 Å². The summed E-state index contributed by atoms with van der Waals surface area (Å²) in [4.78, 5) is 16.7. The zero-order chi connectivity index (χ0) is 27.3. The molecule has 10 heteroatoms. The molecule has 6 rings (SSSR count). The minimum atomic E-state index is -0.677. The van der Waals surface area contributed by atoms with Crippen LogP contribution in [0.25, 0.3) is 16.6 Å². The van der Waals surface area contributed by atoms with Crippen LogP contribution in [0, 0.1) is 25.5 Å². The Morgan fingerprint density at radius 3 is 2.64 bits per heavy atom. The predicted octanol–water partition coefficient (Wildman–Crippen LogP) is 6.71. The van der Waals surface area contributed by atoms with Crippen molar-refractivity contribution in [2.45, 2.75) is 20.3 Å². The zero-order valence-electron chi connectivity index (χ0n) is 21.3. The number of rotatable bonds is 6. The molecular formula is C29H25F2N5O2S. The van der Waals surface area contributed by atoms with Crippen molar-refractivity contribution in [1.29, 1.82) is 0 Å². The van der Waals surface area contributed by atoms with Gasteiger partial charge in [0.25, 0.3) is 0 Å². The lowest BCUT2D eigenvalue weighted by Gasteiger charge is -2.18. The maximum atomic E-state index is 15.3. The molecule has 0 amide bonds. The van der Waals surface area contributed by atoms with Gasteiger partial charge in [-0.05, 0) is 79.7 Å². The van der Waals surface area contributed by atoms with E-state index >= 15 is 4.39 Å². The molecule has 1 saturated heterocycles. The smallest absolute Gasteiger partial charge is 0.214 e. The van der Waals surface area contributed by atoms with E-state index in [1.165, 1.54) is 23.0 Å². The second kappa shape index (κ2) is 9.77. The topological polar surface area (TPSA) is 89.2 Å². The fraction of sp³-hybridized carbons (Fsp3) is 0.172. The molecule has 0 bridgehead atoms. The number of carbonyl (C=O) groups excluding carboxylic acids is 1. The molecule has 2 aromatic heterocycles. The Kier molecular flexibility index (Phi) is 6.26. The third kappa shape index (κ3) is 4.50. The number of nitrogen functional groups attached to an aromatic ring is 1. The van der Waals surface area contributed by atoms with Crippen molar-refractivity contribution in [2.24, 2.45) is 0 Å². The molecule has 0 unspecified atom stereocenters. The van der Waals surface area contributed by atoms with Crippen LogP contribution in [0.5, 0.6) is 11.5 Å². The molecule has 0 aliphatic carbocycles. The van der Waals surface area contributed by atoms with Gasteiger partial charge in [0.1, 0.15) is 17.3 Å². The highest BCUT2D eigenvalue weighted by Crippen LogP contribution is 2.35. The van der Waals surface area contributed by atoms with Crippen LogP contribution in [0.2, 0.25) is 0 Å². The molecule has 1 fully saturated rings. The molecule has 0 saturated carbocycles. The van der Waals surface area contributed by atoms with Crippen LogP contribution >= 0.6 is 11.9 Å². The van der Waals surface area contributed by atoms with Gasteiger partial charge >= 0.3 is 0 Å². The van der Waals surface area contributed by atoms with Crippen molar-refractivity contribution in [3.8, 4) is 17.2 Å². The van der Waals surface area contributed by atoms with Gasteiger partial charge in [-0.2, -0.15) is 5.10 Å². The molecule has 0 atom stereocenters. The van der Waals surface area contributed by atoms with Crippen LogP contribution in [0.3, 0.4) is 0 Å². The molecule has 3 aromatic carbocycles. The summed E-state index contributed by atoms with van der Waals surface area (Å²) < 4.78 is 38.3. The van der Waals surface area contributed by atoms with Crippen LogP contribution in [-0.4, -0.2) is 32.8 Å².